The van der Waals surface area contributed by atoms with Gasteiger partial charge >= 0.3 is 0 Å². The quantitative estimate of drug-likeness (QED) is 0.747. The second-order valence-corrected chi connectivity index (χ2v) is 2.78. The number of allylic oxidation sites excluding steroid dienone is 1. The Morgan fingerprint density at radius 1 is 1.43 bits per heavy atom. The Labute approximate surface area is 82.6 Å². The lowest BCUT2D eigenvalue weighted by Crippen LogP contribution is -1.89. The number of hydrogen-bond acceptors (Lipinski definition) is 3. The molecule has 0 radical (unpaired) electrons. The van der Waals surface area contributed by atoms with Gasteiger partial charge in [0.05, 0.1) is 7.11 Å². The van der Waals surface area contributed by atoms with Crippen LogP contribution in [0.2, 0.25) is 0 Å². The van der Waals surface area contributed by atoms with Gasteiger partial charge in [0, 0.05) is 11.1 Å². The third-order valence-electron chi connectivity index (χ3n) is 1.83. The Balaban J connectivity index is 3.33. The van der Waals surface area contributed by atoms with Crippen LogP contribution in [0, 0.1) is 0 Å². The number of phenols is 1. The summed E-state index contributed by atoms with van der Waals surface area (Å²) < 4.78 is 4.93. The molecule has 1 rings (SSSR count). The molecule has 0 aliphatic rings. The predicted octanol–water partition coefficient (Wildman–Crippen LogP) is 2.25. The van der Waals surface area contributed by atoms with Gasteiger partial charge in [-0.15, -0.1) is 0 Å². The Morgan fingerprint density at radius 2 is 2.14 bits per heavy atom. The van der Waals surface area contributed by atoms with Crippen LogP contribution < -0.4 is 4.74 Å². The minimum Gasteiger partial charge on any atom is -0.504 e. The Kier molecular flexibility index (Phi) is 3.29. The molecule has 0 aliphatic heterocycles. The van der Waals surface area contributed by atoms with Crippen LogP contribution in [0.15, 0.2) is 18.2 Å². The number of rotatable bonds is 3. The molecule has 0 aliphatic carbocycles. The van der Waals surface area contributed by atoms with Crippen molar-refractivity contribution >= 4 is 12.4 Å². The lowest BCUT2D eigenvalue weighted by atomic mass is 10.1. The third-order valence-corrected chi connectivity index (χ3v) is 1.83. The van der Waals surface area contributed by atoms with E-state index in [2.05, 4.69) is 0 Å². The number of phenolic OH excluding ortho intramolecular Hbond substituents is 1. The van der Waals surface area contributed by atoms with Crippen molar-refractivity contribution in [2.75, 3.05) is 7.11 Å². The van der Waals surface area contributed by atoms with Gasteiger partial charge in [0.25, 0.3) is 0 Å². The van der Waals surface area contributed by atoms with Crippen molar-refractivity contribution in [2.24, 2.45) is 0 Å². The smallest absolute Gasteiger partial charge is 0.165 e. The van der Waals surface area contributed by atoms with E-state index in [0.717, 1.165) is 6.29 Å². The summed E-state index contributed by atoms with van der Waals surface area (Å²) in [5.41, 5.74) is 1.06. The van der Waals surface area contributed by atoms with Gasteiger partial charge in [0.1, 0.15) is 6.29 Å². The van der Waals surface area contributed by atoms with Crippen molar-refractivity contribution in [1.82, 2.24) is 0 Å². The van der Waals surface area contributed by atoms with E-state index in [1.807, 2.05) is 6.92 Å². The number of carbonyl (C=O) groups excluding carboxylic acids is 1. The Bertz CT molecular complexity index is 367. The maximum atomic E-state index is 10.6. The molecule has 1 N–H and O–H groups in total. The van der Waals surface area contributed by atoms with E-state index < -0.39 is 0 Å². The molecule has 0 aromatic heterocycles. The predicted molar refractivity (Wildman–Crippen MR) is 54.8 cm³/mol. The fraction of sp³-hybridized carbons (Fsp3) is 0.182. The summed E-state index contributed by atoms with van der Waals surface area (Å²) in [7, 11) is 1.45. The van der Waals surface area contributed by atoms with E-state index in [9.17, 15) is 9.90 Å². The molecule has 14 heavy (non-hydrogen) atoms. The molecule has 1 aromatic rings. The monoisotopic (exact) mass is 192 g/mol. The lowest BCUT2D eigenvalue weighted by Gasteiger charge is -2.06. The van der Waals surface area contributed by atoms with E-state index >= 15 is 0 Å². The van der Waals surface area contributed by atoms with E-state index in [1.54, 1.807) is 18.2 Å². The zero-order valence-electron chi connectivity index (χ0n) is 8.15. The van der Waals surface area contributed by atoms with Crippen LogP contribution in [-0.4, -0.2) is 18.5 Å². The zero-order chi connectivity index (χ0) is 10.6. The van der Waals surface area contributed by atoms with E-state index in [0.29, 0.717) is 16.9 Å². The summed E-state index contributed by atoms with van der Waals surface area (Å²) in [6.07, 6.45) is 4.21. The highest BCUT2D eigenvalue weighted by Crippen LogP contribution is 2.31. The number of methoxy groups -OCH3 is 1. The van der Waals surface area contributed by atoms with Crippen LogP contribution in [-0.2, 0) is 0 Å². The lowest BCUT2D eigenvalue weighted by molar-refractivity contribution is 0.112. The Morgan fingerprint density at radius 3 is 2.64 bits per heavy atom. The van der Waals surface area contributed by atoms with Crippen LogP contribution in [0.1, 0.15) is 22.8 Å². The molecule has 3 heteroatoms. The summed E-state index contributed by atoms with van der Waals surface area (Å²) in [4.78, 5) is 10.6. The molecule has 0 atom stereocenters. The first kappa shape index (κ1) is 10.3. The van der Waals surface area contributed by atoms with Crippen molar-refractivity contribution in [1.29, 1.82) is 0 Å². The number of hydrogen-bond donors (Lipinski definition) is 1. The molecule has 0 bridgehead atoms. The molecule has 0 heterocycles. The van der Waals surface area contributed by atoms with Gasteiger partial charge in [-0.1, -0.05) is 12.2 Å². The van der Waals surface area contributed by atoms with Gasteiger partial charge in [-0.2, -0.15) is 0 Å². The second-order valence-electron chi connectivity index (χ2n) is 2.78. The average Bonchev–Trinajstić information content (AvgIpc) is 2.21. The zero-order valence-corrected chi connectivity index (χ0v) is 8.15. The van der Waals surface area contributed by atoms with Crippen LogP contribution in [0.4, 0.5) is 0 Å². The van der Waals surface area contributed by atoms with Gasteiger partial charge in [-0.25, -0.2) is 0 Å². The SMILES string of the molecule is C/C=C\c1cc(C=O)cc(OC)c1O. The molecule has 0 saturated carbocycles. The van der Waals surface area contributed by atoms with E-state index in [4.69, 9.17) is 4.74 Å². The highest BCUT2D eigenvalue weighted by Gasteiger charge is 2.07. The molecule has 0 amide bonds. The first-order valence-electron chi connectivity index (χ1n) is 4.21. The maximum Gasteiger partial charge on any atom is 0.165 e. The van der Waals surface area contributed by atoms with Crippen molar-refractivity contribution in [3.8, 4) is 11.5 Å². The Hall–Kier alpha value is -1.77. The second kappa shape index (κ2) is 4.46. The third kappa shape index (κ3) is 1.93. The molecule has 3 nitrogen and oxygen atoms in total. The number of ether oxygens (including phenoxy) is 1. The highest BCUT2D eigenvalue weighted by atomic mass is 16.5. The first-order chi connectivity index (χ1) is 6.72. The fourth-order valence-corrected chi connectivity index (χ4v) is 1.18. The molecule has 0 fully saturated rings. The van der Waals surface area contributed by atoms with Crippen LogP contribution >= 0.6 is 0 Å². The van der Waals surface area contributed by atoms with Crippen molar-refractivity contribution in [3.05, 3.63) is 29.3 Å². The number of aldehydes is 1. The van der Waals surface area contributed by atoms with E-state index in [-0.39, 0.29) is 5.75 Å². The topological polar surface area (TPSA) is 46.5 Å². The molecule has 0 saturated heterocycles. The van der Waals surface area contributed by atoms with Gasteiger partial charge in [-0.05, 0) is 19.1 Å². The fourth-order valence-electron chi connectivity index (χ4n) is 1.18. The maximum absolute atomic E-state index is 10.6. The summed E-state index contributed by atoms with van der Waals surface area (Å²) in [6, 6.07) is 3.10. The minimum absolute atomic E-state index is 0.0520. The van der Waals surface area contributed by atoms with Gasteiger partial charge in [0.15, 0.2) is 11.5 Å². The van der Waals surface area contributed by atoms with Crippen molar-refractivity contribution < 1.29 is 14.6 Å². The number of aromatic hydroxyl groups is 1. The molecule has 0 spiro atoms. The minimum atomic E-state index is 0.0520. The van der Waals surface area contributed by atoms with Crippen LogP contribution in [0.25, 0.3) is 6.08 Å². The standard InChI is InChI=1S/C11H12O3/c1-3-4-9-5-8(7-12)6-10(14-2)11(9)13/h3-7,13H,1-2H3/b4-3-. The van der Waals surface area contributed by atoms with Crippen LogP contribution in [0.3, 0.4) is 0 Å². The van der Waals surface area contributed by atoms with Gasteiger partial charge < -0.3 is 9.84 Å². The van der Waals surface area contributed by atoms with E-state index in [1.165, 1.54) is 13.2 Å². The molecule has 0 unspecified atom stereocenters. The van der Waals surface area contributed by atoms with Crippen molar-refractivity contribution in [2.45, 2.75) is 6.92 Å². The summed E-state index contributed by atoms with van der Waals surface area (Å²) >= 11 is 0. The number of carbonyl (C=O) groups is 1. The van der Waals surface area contributed by atoms with Crippen molar-refractivity contribution in [3.63, 3.8) is 0 Å². The average molecular weight is 192 g/mol. The molecule has 1 aromatic carbocycles. The van der Waals surface area contributed by atoms with Crippen LogP contribution in [0.5, 0.6) is 11.5 Å². The normalized spacial score (nSPS) is 10.4. The summed E-state index contributed by atoms with van der Waals surface area (Å²) in [6.45, 7) is 1.83. The highest BCUT2D eigenvalue weighted by molar-refractivity contribution is 5.79. The first-order valence-corrected chi connectivity index (χ1v) is 4.21. The molecule has 74 valence electrons. The van der Waals surface area contributed by atoms with Gasteiger partial charge in [-0.3, -0.25) is 4.79 Å². The summed E-state index contributed by atoms with van der Waals surface area (Å²) in [5.74, 6) is 0.360. The summed E-state index contributed by atoms with van der Waals surface area (Å²) in [5, 5.41) is 9.65. The number of benzene rings is 1. The molecular weight excluding hydrogens is 180 g/mol. The molecular formula is C11H12O3. The van der Waals surface area contributed by atoms with Gasteiger partial charge in [0.2, 0.25) is 0 Å². The largest absolute Gasteiger partial charge is 0.504 e.